The Kier molecular flexibility index (Phi) is 5.10. The number of hydrazone groups is 1. The first-order chi connectivity index (χ1) is 12.5. The SMILES string of the molecule is O=C1/C(=C\c2cccc([N+](=O)[O-])c2)SC(=S)N1/N=C/c1ccccc1O. The number of non-ortho nitro benzene ring substituents is 1. The lowest BCUT2D eigenvalue weighted by Gasteiger charge is -2.06. The van der Waals surface area contributed by atoms with Crippen LogP contribution in [0.25, 0.3) is 6.08 Å². The molecule has 130 valence electrons. The fourth-order valence-corrected chi connectivity index (χ4v) is 3.33. The molecule has 1 fully saturated rings. The summed E-state index contributed by atoms with van der Waals surface area (Å²) in [5, 5.41) is 25.7. The van der Waals surface area contributed by atoms with Gasteiger partial charge in [0, 0.05) is 17.7 Å². The number of nitrogens with zero attached hydrogens (tertiary/aromatic N) is 3. The number of aromatic hydroxyl groups is 1. The first-order valence-electron chi connectivity index (χ1n) is 7.30. The molecule has 0 unspecified atom stereocenters. The molecule has 1 amide bonds. The molecule has 0 radical (unpaired) electrons. The number of nitro groups is 1. The summed E-state index contributed by atoms with van der Waals surface area (Å²) in [6.45, 7) is 0. The highest BCUT2D eigenvalue weighted by Gasteiger charge is 2.32. The number of nitro benzene ring substituents is 1. The summed E-state index contributed by atoms with van der Waals surface area (Å²) in [5.74, 6) is -0.396. The summed E-state index contributed by atoms with van der Waals surface area (Å²) in [7, 11) is 0. The van der Waals surface area contributed by atoms with Crippen LogP contribution in [0.1, 0.15) is 11.1 Å². The zero-order valence-corrected chi connectivity index (χ0v) is 14.7. The van der Waals surface area contributed by atoms with E-state index in [4.69, 9.17) is 12.2 Å². The molecule has 1 saturated heterocycles. The number of carbonyl (C=O) groups is 1. The molecule has 26 heavy (non-hydrogen) atoms. The maximum absolute atomic E-state index is 12.5. The van der Waals surface area contributed by atoms with Gasteiger partial charge in [0.2, 0.25) is 0 Å². The summed E-state index contributed by atoms with van der Waals surface area (Å²) in [6, 6.07) is 12.5. The summed E-state index contributed by atoms with van der Waals surface area (Å²) in [4.78, 5) is 23.1. The van der Waals surface area contributed by atoms with E-state index in [0.717, 1.165) is 16.8 Å². The van der Waals surface area contributed by atoms with Crippen molar-refractivity contribution in [1.82, 2.24) is 5.01 Å². The zero-order chi connectivity index (χ0) is 18.7. The Balaban J connectivity index is 1.84. The van der Waals surface area contributed by atoms with Gasteiger partial charge in [-0.3, -0.25) is 14.9 Å². The number of hydrogen-bond acceptors (Lipinski definition) is 7. The van der Waals surface area contributed by atoms with Crippen molar-refractivity contribution in [2.45, 2.75) is 0 Å². The van der Waals surface area contributed by atoms with Gasteiger partial charge in [-0.15, -0.1) is 0 Å². The fourth-order valence-electron chi connectivity index (χ4n) is 2.16. The average Bonchev–Trinajstić information content (AvgIpc) is 2.88. The minimum atomic E-state index is -0.501. The lowest BCUT2D eigenvalue weighted by molar-refractivity contribution is -0.384. The van der Waals surface area contributed by atoms with Crippen LogP contribution in [0.15, 0.2) is 58.5 Å². The highest BCUT2D eigenvalue weighted by molar-refractivity contribution is 8.26. The van der Waals surface area contributed by atoms with Crippen molar-refractivity contribution in [2.24, 2.45) is 5.10 Å². The van der Waals surface area contributed by atoms with Crippen molar-refractivity contribution in [3.63, 3.8) is 0 Å². The van der Waals surface area contributed by atoms with Crippen LogP contribution < -0.4 is 0 Å². The average molecular weight is 385 g/mol. The van der Waals surface area contributed by atoms with Crippen molar-refractivity contribution in [3.05, 3.63) is 74.7 Å². The van der Waals surface area contributed by atoms with Gasteiger partial charge in [0.25, 0.3) is 11.6 Å². The molecule has 2 aromatic rings. The molecule has 3 rings (SSSR count). The number of phenols is 1. The number of hydrogen-bond donors (Lipinski definition) is 1. The Bertz CT molecular complexity index is 972. The number of rotatable bonds is 4. The van der Waals surface area contributed by atoms with Crippen LogP contribution in [0.3, 0.4) is 0 Å². The molecule has 2 aromatic carbocycles. The van der Waals surface area contributed by atoms with Gasteiger partial charge < -0.3 is 5.11 Å². The van der Waals surface area contributed by atoms with Crippen LogP contribution in [0.4, 0.5) is 5.69 Å². The van der Waals surface area contributed by atoms with Gasteiger partial charge in [-0.1, -0.05) is 36.0 Å². The second-order valence-electron chi connectivity index (χ2n) is 5.15. The zero-order valence-electron chi connectivity index (χ0n) is 13.1. The molecule has 1 aliphatic heterocycles. The Morgan fingerprint density at radius 3 is 2.73 bits per heavy atom. The number of thiocarbonyl (C=S) groups is 1. The molecular weight excluding hydrogens is 374 g/mol. The van der Waals surface area contributed by atoms with E-state index in [9.17, 15) is 20.0 Å². The highest BCUT2D eigenvalue weighted by Crippen LogP contribution is 2.33. The van der Waals surface area contributed by atoms with Gasteiger partial charge in [-0.25, -0.2) is 0 Å². The minimum Gasteiger partial charge on any atom is -0.507 e. The molecule has 0 atom stereocenters. The van der Waals surface area contributed by atoms with Gasteiger partial charge in [0.1, 0.15) is 5.75 Å². The number of carbonyl (C=O) groups excluding carboxylic acids is 1. The molecule has 1 N–H and O–H groups in total. The van der Waals surface area contributed by atoms with Crippen LogP contribution >= 0.6 is 24.0 Å². The van der Waals surface area contributed by atoms with Crippen LogP contribution in [0.5, 0.6) is 5.75 Å². The summed E-state index contributed by atoms with van der Waals surface area (Å²) < 4.78 is 0.235. The maximum Gasteiger partial charge on any atom is 0.286 e. The van der Waals surface area contributed by atoms with Gasteiger partial charge in [0.05, 0.1) is 16.0 Å². The molecule has 1 heterocycles. The third kappa shape index (κ3) is 3.79. The predicted molar refractivity (Wildman–Crippen MR) is 104 cm³/mol. The molecule has 0 bridgehead atoms. The van der Waals surface area contributed by atoms with Gasteiger partial charge in [-0.2, -0.15) is 10.1 Å². The van der Waals surface area contributed by atoms with Crippen molar-refractivity contribution < 1.29 is 14.8 Å². The van der Waals surface area contributed by atoms with Crippen LogP contribution in [-0.2, 0) is 4.79 Å². The van der Waals surface area contributed by atoms with Crippen LogP contribution in [-0.4, -0.2) is 31.5 Å². The quantitative estimate of drug-likeness (QED) is 0.284. The predicted octanol–water partition coefficient (Wildman–Crippen LogP) is 3.54. The number of para-hydroxylation sites is 1. The van der Waals surface area contributed by atoms with Crippen molar-refractivity contribution in [3.8, 4) is 5.75 Å². The van der Waals surface area contributed by atoms with E-state index in [1.54, 1.807) is 30.3 Å². The Hall–Kier alpha value is -3.04. The van der Waals surface area contributed by atoms with Crippen LogP contribution in [0.2, 0.25) is 0 Å². The lowest BCUT2D eigenvalue weighted by Crippen LogP contribution is -2.22. The molecule has 0 aliphatic carbocycles. The Morgan fingerprint density at radius 2 is 2.00 bits per heavy atom. The molecule has 0 spiro atoms. The third-order valence-corrected chi connectivity index (χ3v) is 4.68. The van der Waals surface area contributed by atoms with E-state index in [1.165, 1.54) is 30.5 Å². The first-order valence-corrected chi connectivity index (χ1v) is 8.52. The number of phenolic OH excluding ortho intramolecular Hbond substituents is 1. The smallest absolute Gasteiger partial charge is 0.286 e. The van der Waals surface area contributed by atoms with E-state index >= 15 is 0 Å². The summed E-state index contributed by atoms with van der Waals surface area (Å²) >= 11 is 6.22. The Morgan fingerprint density at radius 1 is 1.23 bits per heavy atom. The molecule has 1 aliphatic rings. The molecule has 9 heteroatoms. The highest BCUT2D eigenvalue weighted by atomic mass is 32.2. The lowest BCUT2D eigenvalue weighted by atomic mass is 10.2. The largest absolute Gasteiger partial charge is 0.507 e. The maximum atomic E-state index is 12.5. The fraction of sp³-hybridized carbons (Fsp3) is 0. The molecule has 0 saturated carbocycles. The second-order valence-corrected chi connectivity index (χ2v) is 6.82. The van der Waals surface area contributed by atoms with Crippen molar-refractivity contribution >= 4 is 52.2 Å². The first kappa shape index (κ1) is 17.8. The van der Waals surface area contributed by atoms with Gasteiger partial charge in [-0.05, 0) is 36.0 Å². The monoisotopic (exact) mass is 385 g/mol. The summed E-state index contributed by atoms with van der Waals surface area (Å²) in [5.41, 5.74) is 0.903. The number of thioether (sulfide) groups is 1. The standard InChI is InChI=1S/C17H11N3O4S2/c21-14-7-2-1-5-12(14)10-18-19-16(22)15(26-17(19)25)9-11-4-3-6-13(8-11)20(23)24/h1-10,21H/b15-9+,18-10+. The summed E-state index contributed by atoms with van der Waals surface area (Å²) in [6.07, 6.45) is 2.87. The van der Waals surface area contributed by atoms with Gasteiger partial charge in [0.15, 0.2) is 4.32 Å². The number of benzene rings is 2. The van der Waals surface area contributed by atoms with Crippen LogP contribution in [0, 0.1) is 10.1 Å². The Labute approximate surface area is 157 Å². The van der Waals surface area contributed by atoms with E-state index in [2.05, 4.69) is 5.10 Å². The normalized spacial score (nSPS) is 16.0. The minimum absolute atomic E-state index is 0.0360. The van der Waals surface area contributed by atoms with E-state index in [1.807, 2.05) is 0 Å². The second kappa shape index (κ2) is 7.46. The van der Waals surface area contributed by atoms with Crippen molar-refractivity contribution in [1.29, 1.82) is 0 Å². The van der Waals surface area contributed by atoms with E-state index < -0.39 is 10.8 Å². The number of amides is 1. The molecule has 0 aromatic heterocycles. The van der Waals surface area contributed by atoms with Crippen molar-refractivity contribution in [2.75, 3.05) is 0 Å². The molecular formula is C17H11N3O4S2. The molecule has 7 nitrogen and oxygen atoms in total. The van der Waals surface area contributed by atoms with Gasteiger partial charge >= 0.3 is 0 Å². The van der Waals surface area contributed by atoms with E-state index in [0.29, 0.717) is 16.0 Å². The topological polar surface area (TPSA) is 96.0 Å². The third-order valence-electron chi connectivity index (χ3n) is 3.40. The van der Waals surface area contributed by atoms with E-state index in [-0.39, 0.29) is 15.8 Å².